The van der Waals surface area contributed by atoms with Gasteiger partial charge in [-0.15, -0.1) is 0 Å². The number of halogens is 2. The number of hydrogen-bond donors (Lipinski definition) is 0. The van der Waals surface area contributed by atoms with Crippen molar-refractivity contribution in [2.45, 2.75) is 13.8 Å². The van der Waals surface area contributed by atoms with E-state index in [0.29, 0.717) is 22.7 Å². The van der Waals surface area contributed by atoms with Crippen molar-refractivity contribution < 1.29 is 13.9 Å². The topological polar surface area (TPSA) is 41.9 Å². The molecule has 32 heavy (non-hydrogen) atoms. The van der Waals surface area contributed by atoms with Crippen molar-refractivity contribution in [1.82, 2.24) is 0 Å². The number of aliphatic imine (C=N–C) groups is 1. The molecule has 0 aromatic heterocycles. The molecular weight excluding hydrogens is 494 g/mol. The molecule has 4 rings (SSSR count). The number of amides is 1. The Labute approximate surface area is 197 Å². The average Bonchev–Trinajstić information content (AvgIpc) is 3.08. The van der Waals surface area contributed by atoms with E-state index >= 15 is 0 Å². The normalized spacial score (nSPS) is 14.8. The summed E-state index contributed by atoms with van der Waals surface area (Å²) in [5.41, 5.74) is 2.80. The van der Waals surface area contributed by atoms with Crippen molar-refractivity contribution >= 4 is 53.4 Å². The fourth-order valence-electron chi connectivity index (χ4n) is 3.11. The van der Waals surface area contributed by atoms with E-state index in [2.05, 4.69) is 4.99 Å². The zero-order valence-corrected chi connectivity index (χ0v) is 20.0. The van der Waals surface area contributed by atoms with Crippen LogP contribution in [0.4, 0.5) is 10.1 Å². The van der Waals surface area contributed by atoms with E-state index in [1.165, 1.54) is 17.0 Å². The molecule has 0 saturated carbocycles. The molecule has 0 bridgehead atoms. The molecule has 162 valence electrons. The van der Waals surface area contributed by atoms with Gasteiger partial charge in [-0.25, -0.2) is 0 Å². The van der Waals surface area contributed by atoms with E-state index < -0.39 is 5.82 Å². The van der Waals surface area contributed by atoms with E-state index in [-0.39, 0.29) is 25.9 Å². The standard InChI is InChI=1S/C25H20ClFN2O2Se/c1-3-31-19-9-6-17(7-10-19)14-23-24(30)29(18-8-13-22(27)21(26)15-18)25(28-23)32-20-11-4-16(2)5-12-20/h4-15H,3H2,1-2H3/b23-14-. The van der Waals surface area contributed by atoms with Crippen LogP contribution < -0.4 is 14.1 Å². The van der Waals surface area contributed by atoms with Gasteiger partial charge in [0.15, 0.2) is 0 Å². The number of nitrogens with zero attached hydrogens (tertiary/aromatic N) is 2. The zero-order valence-electron chi connectivity index (χ0n) is 17.5. The Hall–Kier alpha value is -2.92. The third kappa shape index (κ3) is 4.94. The summed E-state index contributed by atoms with van der Waals surface area (Å²) in [6.45, 7) is 4.54. The van der Waals surface area contributed by atoms with Crippen molar-refractivity contribution in [1.29, 1.82) is 0 Å². The molecule has 0 fully saturated rings. The predicted octanol–water partition coefficient (Wildman–Crippen LogP) is 4.96. The van der Waals surface area contributed by atoms with Crippen LogP contribution in [0.15, 0.2) is 77.4 Å². The van der Waals surface area contributed by atoms with Gasteiger partial charge in [0.1, 0.15) is 0 Å². The van der Waals surface area contributed by atoms with Gasteiger partial charge >= 0.3 is 198 Å². The van der Waals surface area contributed by atoms with E-state index in [1.807, 2.05) is 62.4 Å². The molecule has 1 amide bonds. The summed E-state index contributed by atoms with van der Waals surface area (Å²) < 4.78 is 20.9. The summed E-state index contributed by atoms with van der Waals surface area (Å²) in [6, 6.07) is 19.9. The third-order valence-corrected chi connectivity index (χ3v) is 7.03. The Morgan fingerprint density at radius 2 is 1.81 bits per heavy atom. The van der Waals surface area contributed by atoms with Crippen molar-refractivity contribution in [2.75, 3.05) is 11.5 Å². The van der Waals surface area contributed by atoms with Gasteiger partial charge < -0.3 is 0 Å². The van der Waals surface area contributed by atoms with Crippen LogP contribution in [0.3, 0.4) is 0 Å². The number of ether oxygens (including phenoxy) is 1. The van der Waals surface area contributed by atoms with Gasteiger partial charge in [0.2, 0.25) is 0 Å². The number of carbonyl (C=O) groups excluding carboxylic acids is 1. The summed E-state index contributed by atoms with van der Waals surface area (Å²) in [5, 5.41) is -0.0403. The second-order valence-electron chi connectivity index (χ2n) is 7.08. The van der Waals surface area contributed by atoms with Crippen LogP contribution in [0.25, 0.3) is 6.08 Å². The van der Waals surface area contributed by atoms with Gasteiger partial charge in [-0.1, -0.05) is 0 Å². The van der Waals surface area contributed by atoms with Crippen molar-refractivity contribution in [3.8, 4) is 5.75 Å². The van der Waals surface area contributed by atoms with Crippen molar-refractivity contribution in [3.05, 3.63) is 94.4 Å². The number of hydrogen-bond acceptors (Lipinski definition) is 3. The van der Waals surface area contributed by atoms with Crippen LogP contribution in [0.2, 0.25) is 5.02 Å². The van der Waals surface area contributed by atoms with Crippen LogP contribution >= 0.6 is 11.6 Å². The van der Waals surface area contributed by atoms with E-state index in [4.69, 9.17) is 16.3 Å². The van der Waals surface area contributed by atoms with Crippen LogP contribution in [-0.2, 0) is 4.79 Å². The molecule has 0 radical (unpaired) electrons. The maximum absolute atomic E-state index is 13.7. The number of aryl methyl sites for hydroxylation is 1. The first-order chi connectivity index (χ1) is 15.4. The molecular formula is C25H20ClFN2O2Se. The fourth-order valence-corrected chi connectivity index (χ4v) is 5.19. The molecule has 1 aliphatic heterocycles. The minimum absolute atomic E-state index is 0.0403. The van der Waals surface area contributed by atoms with Gasteiger partial charge in [0.05, 0.1) is 0 Å². The summed E-state index contributed by atoms with van der Waals surface area (Å²) in [7, 11) is 0. The third-order valence-electron chi connectivity index (χ3n) is 4.72. The Balaban J connectivity index is 1.71. The molecule has 0 aliphatic carbocycles. The predicted molar refractivity (Wildman–Crippen MR) is 128 cm³/mol. The number of anilines is 1. The average molecular weight is 514 g/mol. The number of amidine groups is 1. The van der Waals surface area contributed by atoms with Crippen LogP contribution in [-0.4, -0.2) is 32.2 Å². The van der Waals surface area contributed by atoms with Crippen LogP contribution in [0.5, 0.6) is 5.75 Å². The van der Waals surface area contributed by atoms with Crippen LogP contribution in [0.1, 0.15) is 18.1 Å². The summed E-state index contributed by atoms with van der Waals surface area (Å²) in [5.74, 6) is -0.0397. The number of rotatable bonds is 6. The molecule has 0 spiro atoms. The molecule has 0 N–H and O–H groups in total. The second-order valence-corrected chi connectivity index (χ2v) is 9.67. The van der Waals surface area contributed by atoms with Gasteiger partial charge in [-0.2, -0.15) is 0 Å². The summed E-state index contributed by atoms with van der Waals surface area (Å²) in [6.07, 6.45) is 1.74. The molecule has 7 heteroatoms. The number of carbonyl (C=O) groups is 1. The first-order valence-corrected chi connectivity index (χ1v) is 12.1. The van der Waals surface area contributed by atoms with Crippen molar-refractivity contribution in [2.24, 2.45) is 4.99 Å². The summed E-state index contributed by atoms with van der Waals surface area (Å²) >= 11 is 5.76. The maximum atomic E-state index is 13.7. The van der Waals surface area contributed by atoms with Gasteiger partial charge in [0.25, 0.3) is 0 Å². The first-order valence-electron chi connectivity index (χ1n) is 10.0. The minimum atomic E-state index is -0.533. The monoisotopic (exact) mass is 514 g/mol. The molecule has 0 atom stereocenters. The Kier molecular flexibility index (Phi) is 6.75. The molecule has 1 heterocycles. The van der Waals surface area contributed by atoms with E-state index in [1.54, 1.807) is 12.1 Å². The van der Waals surface area contributed by atoms with Gasteiger partial charge in [0, 0.05) is 0 Å². The molecule has 1 aliphatic rings. The van der Waals surface area contributed by atoms with E-state index in [9.17, 15) is 9.18 Å². The molecule has 3 aromatic rings. The molecule has 3 aromatic carbocycles. The number of benzene rings is 3. The van der Waals surface area contributed by atoms with Crippen molar-refractivity contribution in [3.63, 3.8) is 0 Å². The van der Waals surface area contributed by atoms with Crippen LogP contribution in [0, 0.1) is 12.7 Å². The van der Waals surface area contributed by atoms with E-state index in [0.717, 1.165) is 21.3 Å². The Bertz CT molecular complexity index is 1210. The SMILES string of the molecule is CCOc1ccc(/C=C2\N=C([Se]c3ccc(C)cc3)N(c3ccc(F)c(Cl)c3)C2=O)cc1. The zero-order chi connectivity index (χ0) is 22.7. The van der Waals surface area contributed by atoms with Gasteiger partial charge in [-0.3, -0.25) is 0 Å². The first kappa shape index (κ1) is 22.3. The Morgan fingerprint density at radius 1 is 1.09 bits per heavy atom. The molecule has 4 nitrogen and oxygen atoms in total. The van der Waals surface area contributed by atoms with Gasteiger partial charge in [-0.05, 0) is 0 Å². The molecule has 0 unspecified atom stereocenters. The Morgan fingerprint density at radius 3 is 2.47 bits per heavy atom. The molecule has 0 saturated heterocycles. The second kappa shape index (κ2) is 9.70. The fraction of sp³-hybridized carbons (Fsp3) is 0.120. The summed E-state index contributed by atoms with van der Waals surface area (Å²) in [4.78, 5) is 19.5. The quantitative estimate of drug-likeness (QED) is 0.345.